The van der Waals surface area contributed by atoms with Crippen molar-refractivity contribution in [3.8, 4) is 10.7 Å². The van der Waals surface area contributed by atoms with Crippen molar-refractivity contribution in [3.05, 3.63) is 25.2 Å². The maximum absolute atomic E-state index is 5.88. The molecule has 0 amide bonds. The van der Waals surface area contributed by atoms with E-state index >= 15 is 0 Å². The molecule has 0 radical (unpaired) electrons. The lowest BCUT2D eigenvalue weighted by atomic mass is 10.3. The molecule has 0 unspecified atom stereocenters. The van der Waals surface area contributed by atoms with Crippen LogP contribution in [-0.4, -0.2) is 9.97 Å². The molecule has 0 atom stereocenters. The maximum Gasteiger partial charge on any atom is 0.173 e. The van der Waals surface area contributed by atoms with Crippen molar-refractivity contribution in [1.82, 2.24) is 9.97 Å². The van der Waals surface area contributed by atoms with Gasteiger partial charge in [0.15, 0.2) is 5.82 Å². The van der Waals surface area contributed by atoms with E-state index in [1.165, 1.54) is 0 Å². The van der Waals surface area contributed by atoms with E-state index in [9.17, 15) is 0 Å². The van der Waals surface area contributed by atoms with Crippen molar-refractivity contribution in [2.45, 2.75) is 13.3 Å². The van der Waals surface area contributed by atoms with Gasteiger partial charge in [0, 0.05) is 4.47 Å². The predicted octanol–water partition coefficient (Wildman–Crippen LogP) is 3.72. The molecule has 0 aliphatic heterocycles. The Morgan fingerprint density at radius 3 is 2.81 bits per heavy atom. The van der Waals surface area contributed by atoms with Crippen LogP contribution in [0.1, 0.15) is 12.6 Å². The molecule has 2 aromatic rings. The summed E-state index contributed by atoms with van der Waals surface area (Å²) < 4.78 is 1.97. The number of halogens is 2. The largest absolute Gasteiger partial charge is 0.383 e. The molecule has 0 aliphatic rings. The second kappa shape index (κ2) is 4.97. The zero-order chi connectivity index (χ0) is 11.7. The molecular formula is C10H9BrIN3S. The standard InChI is InChI=1S/C10H9BrIN3S/c1-2-6-7(12)9(13)15-10(14-6)8-5(11)3-4-16-8/h3-4H,2H2,1H3,(H2,13,14,15). The summed E-state index contributed by atoms with van der Waals surface area (Å²) in [6, 6.07) is 1.99. The molecule has 0 bridgehead atoms. The first kappa shape index (κ1) is 12.3. The van der Waals surface area contributed by atoms with Gasteiger partial charge in [0.2, 0.25) is 0 Å². The lowest BCUT2D eigenvalue weighted by Crippen LogP contribution is -2.03. The van der Waals surface area contributed by atoms with Gasteiger partial charge in [-0.2, -0.15) is 0 Å². The molecule has 2 aromatic heterocycles. The number of rotatable bonds is 2. The highest BCUT2D eigenvalue weighted by atomic mass is 127. The van der Waals surface area contributed by atoms with E-state index in [1.807, 2.05) is 11.4 Å². The Labute approximate surface area is 120 Å². The number of hydrogen-bond donors (Lipinski definition) is 1. The molecule has 0 saturated heterocycles. The number of nitrogen functional groups attached to an aromatic ring is 1. The Morgan fingerprint density at radius 2 is 2.25 bits per heavy atom. The number of aryl methyl sites for hydroxylation is 1. The second-order valence-electron chi connectivity index (χ2n) is 3.14. The van der Waals surface area contributed by atoms with Crippen molar-refractivity contribution in [3.63, 3.8) is 0 Å². The van der Waals surface area contributed by atoms with E-state index in [2.05, 4.69) is 55.4 Å². The first-order valence-corrected chi connectivity index (χ1v) is 7.43. The summed E-state index contributed by atoms with van der Waals surface area (Å²) >= 11 is 7.28. The molecular weight excluding hydrogens is 401 g/mol. The molecule has 2 heterocycles. The van der Waals surface area contributed by atoms with Gasteiger partial charge >= 0.3 is 0 Å². The van der Waals surface area contributed by atoms with E-state index in [-0.39, 0.29) is 0 Å². The Kier molecular flexibility index (Phi) is 3.81. The average Bonchev–Trinajstić information content (AvgIpc) is 2.68. The van der Waals surface area contributed by atoms with Crippen LogP contribution >= 0.6 is 49.9 Å². The molecule has 0 aliphatic carbocycles. The van der Waals surface area contributed by atoms with Crippen LogP contribution in [0, 0.1) is 3.57 Å². The average molecular weight is 410 g/mol. The van der Waals surface area contributed by atoms with Crippen molar-refractivity contribution >= 4 is 55.7 Å². The van der Waals surface area contributed by atoms with Crippen LogP contribution in [0.3, 0.4) is 0 Å². The molecule has 0 saturated carbocycles. The highest BCUT2D eigenvalue weighted by Crippen LogP contribution is 2.32. The molecule has 2 rings (SSSR count). The summed E-state index contributed by atoms with van der Waals surface area (Å²) in [6.07, 6.45) is 0.862. The van der Waals surface area contributed by atoms with Gasteiger partial charge in [-0.25, -0.2) is 9.97 Å². The molecule has 6 heteroatoms. The molecule has 0 aromatic carbocycles. The Bertz CT molecular complexity index is 527. The Balaban J connectivity index is 2.59. The van der Waals surface area contributed by atoms with E-state index in [0.717, 1.165) is 25.0 Å². The summed E-state index contributed by atoms with van der Waals surface area (Å²) in [5.74, 6) is 1.26. The number of anilines is 1. The number of nitrogens with two attached hydrogens (primary N) is 1. The smallest absolute Gasteiger partial charge is 0.173 e. The van der Waals surface area contributed by atoms with Crippen LogP contribution in [0.25, 0.3) is 10.7 Å². The summed E-state index contributed by atoms with van der Waals surface area (Å²) in [4.78, 5) is 9.89. The van der Waals surface area contributed by atoms with Crippen LogP contribution < -0.4 is 5.73 Å². The SMILES string of the molecule is CCc1nc(-c2sccc2Br)nc(N)c1I. The van der Waals surface area contributed by atoms with Gasteiger partial charge in [0.05, 0.1) is 14.1 Å². The van der Waals surface area contributed by atoms with E-state index < -0.39 is 0 Å². The molecule has 3 nitrogen and oxygen atoms in total. The van der Waals surface area contributed by atoms with Gasteiger partial charge in [-0.3, -0.25) is 0 Å². The van der Waals surface area contributed by atoms with Crippen LogP contribution in [-0.2, 0) is 6.42 Å². The number of thiophene rings is 1. The van der Waals surface area contributed by atoms with Crippen molar-refractivity contribution in [1.29, 1.82) is 0 Å². The Morgan fingerprint density at radius 1 is 1.50 bits per heavy atom. The van der Waals surface area contributed by atoms with Gasteiger partial charge in [-0.05, 0) is 56.4 Å². The monoisotopic (exact) mass is 409 g/mol. The molecule has 84 valence electrons. The van der Waals surface area contributed by atoms with Crippen LogP contribution in [0.2, 0.25) is 0 Å². The quantitative estimate of drug-likeness (QED) is 0.769. The van der Waals surface area contributed by atoms with Crippen LogP contribution in [0.15, 0.2) is 15.9 Å². The van der Waals surface area contributed by atoms with E-state index in [4.69, 9.17) is 5.73 Å². The predicted molar refractivity (Wildman–Crippen MR) is 79.6 cm³/mol. The minimum Gasteiger partial charge on any atom is -0.383 e. The highest BCUT2D eigenvalue weighted by molar-refractivity contribution is 14.1. The lowest BCUT2D eigenvalue weighted by molar-refractivity contribution is 0.996. The minimum atomic E-state index is 0.558. The topological polar surface area (TPSA) is 51.8 Å². The summed E-state index contributed by atoms with van der Waals surface area (Å²) in [7, 11) is 0. The fourth-order valence-electron chi connectivity index (χ4n) is 1.30. The Hall–Kier alpha value is -0.210. The van der Waals surface area contributed by atoms with Crippen molar-refractivity contribution < 1.29 is 0 Å². The van der Waals surface area contributed by atoms with Crippen molar-refractivity contribution in [2.24, 2.45) is 0 Å². The van der Waals surface area contributed by atoms with Gasteiger partial charge in [-0.1, -0.05) is 6.92 Å². The fraction of sp³-hybridized carbons (Fsp3) is 0.200. The van der Waals surface area contributed by atoms with Gasteiger partial charge < -0.3 is 5.73 Å². The first-order chi connectivity index (χ1) is 7.63. The maximum atomic E-state index is 5.88. The fourth-order valence-corrected chi connectivity index (χ4v) is 3.41. The summed E-state index contributed by atoms with van der Waals surface area (Å²) in [5, 5.41) is 2.00. The van der Waals surface area contributed by atoms with Gasteiger partial charge in [-0.15, -0.1) is 11.3 Å². The first-order valence-electron chi connectivity index (χ1n) is 4.68. The highest BCUT2D eigenvalue weighted by Gasteiger charge is 2.13. The third-order valence-corrected chi connectivity index (χ3v) is 5.11. The zero-order valence-corrected chi connectivity index (χ0v) is 13.1. The second-order valence-corrected chi connectivity index (χ2v) is 5.99. The van der Waals surface area contributed by atoms with Crippen molar-refractivity contribution in [2.75, 3.05) is 5.73 Å². The normalized spacial score (nSPS) is 10.7. The lowest BCUT2D eigenvalue weighted by Gasteiger charge is -2.06. The minimum absolute atomic E-state index is 0.558. The van der Waals surface area contributed by atoms with Crippen LogP contribution in [0.5, 0.6) is 0 Å². The van der Waals surface area contributed by atoms with Crippen LogP contribution in [0.4, 0.5) is 5.82 Å². The zero-order valence-electron chi connectivity index (χ0n) is 8.50. The third kappa shape index (κ3) is 2.23. The third-order valence-electron chi connectivity index (χ3n) is 2.10. The summed E-state index contributed by atoms with van der Waals surface area (Å²) in [5.41, 5.74) is 6.89. The van der Waals surface area contributed by atoms with E-state index in [0.29, 0.717) is 11.6 Å². The van der Waals surface area contributed by atoms with Gasteiger partial charge in [0.25, 0.3) is 0 Å². The molecule has 2 N–H and O–H groups in total. The molecule has 0 spiro atoms. The van der Waals surface area contributed by atoms with Gasteiger partial charge in [0.1, 0.15) is 5.82 Å². The molecule has 0 fully saturated rings. The van der Waals surface area contributed by atoms with E-state index in [1.54, 1.807) is 11.3 Å². The number of aromatic nitrogens is 2. The molecule has 16 heavy (non-hydrogen) atoms. The summed E-state index contributed by atoms with van der Waals surface area (Å²) in [6.45, 7) is 2.07. The number of nitrogens with zero attached hydrogens (tertiary/aromatic N) is 2. The number of hydrogen-bond acceptors (Lipinski definition) is 4.